The lowest BCUT2D eigenvalue weighted by atomic mass is 10.0. The number of rotatable bonds is 4. The molecule has 0 spiro atoms. The number of piperidine rings is 1. The van der Waals surface area contributed by atoms with Crippen LogP contribution < -0.4 is 4.90 Å². The number of hydrogen-bond acceptors (Lipinski definition) is 7. The van der Waals surface area contributed by atoms with Crippen molar-refractivity contribution in [2.75, 3.05) is 11.4 Å². The van der Waals surface area contributed by atoms with Crippen LogP contribution in [0.5, 0.6) is 0 Å². The van der Waals surface area contributed by atoms with Crippen LogP contribution in [-0.4, -0.2) is 46.5 Å². The van der Waals surface area contributed by atoms with E-state index in [0.29, 0.717) is 10.8 Å². The van der Waals surface area contributed by atoms with E-state index in [1.54, 1.807) is 6.20 Å². The molecule has 0 aliphatic carbocycles. The fourth-order valence-corrected chi connectivity index (χ4v) is 4.20. The Morgan fingerprint density at radius 1 is 1.06 bits per heavy atom. The number of anilines is 1. The molecule has 9 nitrogen and oxygen atoms in total. The molecular weight excluding hydrogens is 414 g/mol. The highest BCUT2D eigenvalue weighted by atomic mass is 35.5. The molecule has 1 aliphatic heterocycles. The van der Waals surface area contributed by atoms with Crippen molar-refractivity contribution in [3.63, 3.8) is 0 Å². The molecule has 0 N–H and O–H groups in total. The summed E-state index contributed by atoms with van der Waals surface area (Å²) >= 11 is 6.11. The number of aryl methyl sites for hydroxylation is 1. The van der Waals surface area contributed by atoms with Crippen molar-refractivity contribution in [3.8, 4) is 17.1 Å². The van der Waals surface area contributed by atoms with Crippen molar-refractivity contribution in [1.82, 2.24) is 40.0 Å². The maximum atomic E-state index is 6.11. The van der Waals surface area contributed by atoms with Crippen molar-refractivity contribution >= 4 is 17.5 Å². The first-order valence-electron chi connectivity index (χ1n) is 10.2. The molecule has 1 aliphatic rings. The monoisotopic (exact) mass is 435 g/mol. The highest BCUT2D eigenvalue weighted by Crippen LogP contribution is 2.33. The first-order valence-corrected chi connectivity index (χ1v) is 10.6. The van der Waals surface area contributed by atoms with E-state index < -0.39 is 0 Å². The maximum absolute atomic E-state index is 6.11. The van der Waals surface area contributed by atoms with E-state index in [4.69, 9.17) is 11.6 Å². The van der Waals surface area contributed by atoms with Gasteiger partial charge in [0.1, 0.15) is 0 Å². The lowest BCUT2D eigenvalue weighted by Gasteiger charge is -2.34. The van der Waals surface area contributed by atoms with Gasteiger partial charge in [0.2, 0.25) is 5.95 Å². The summed E-state index contributed by atoms with van der Waals surface area (Å²) in [4.78, 5) is 8.03. The number of aromatic nitrogens is 8. The molecule has 1 aromatic carbocycles. The molecule has 158 valence electrons. The summed E-state index contributed by atoms with van der Waals surface area (Å²) < 4.78 is 2.02. The first kappa shape index (κ1) is 19.6. The molecular formula is C21H22ClN9. The second-order valence-electron chi connectivity index (χ2n) is 7.69. The molecule has 1 atom stereocenters. The largest absolute Gasteiger partial charge is 0.330 e. The van der Waals surface area contributed by atoms with E-state index in [1.165, 1.54) is 4.80 Å². The number of benzene rings is 1. The average Bonchev–Trinajstić information content (AvgIpc) is 3.41. The van der Waals surface area contributed by atoms with Crippen LogP contribution in [0, 0.1) is 6.92 Å². The van der Waals surface area contributed by atoms with E-state index >= 15 is 0 Å². The van der Waals surface area contributed by atoms with Crippen LogP contribution in [0.4, 0.5) is 5.95 Å². The van der Waals surface area contributed by atoms with Crippen LogP contribution >= 0.6 is 11.6 Å². The molecule has 31 heavy (non-hydrogen) atoms. The minimum atomic E-state index is -0.0170. The zero-order valence-electron chi connectivity index (χ0n) is 17.4. The number of halogens is 1. The summed E-state index contributed by atoms with van der Waals surface area (Å²) in [6.45, 7) is 2.83. The Morgan fingerprint density at radius 3 is 2.81 bits per heavy atom. The van der Waals surface area contributed by atoms with Crippen LogP contribution in [0.15, 0.2) is 42.6 Å². The predicted octanol–water partition coefficient (Wildman–Crippen LogP) is 3.55. The molecule has 1 unspecified atom stereocenters. The fourth-order valence-electron chi connectivity index (χ4n) is 4.01. The van der Waals surface area contributed by atoms with E-state index in [0.717, 1.165) is 54.5 Å². The van der Waals surface area contributed by atoms with Gasteiger partial charge in [0.25, 0.3) is 0 Å². The Kier molecular flexibility index (Phi) is 5.11. The van der Waals surface area contributed by atoms with Gasteiger partial charge in [0, 0.05) is 36.1 Å². The van der Waals surface area contributed by atoms with Gasteiger partial charge in [-0.1, -0.05) is 17.7 Å². The Morgan fingerprint density at radius 2 is 1.97 bits per heavy atom. The quantitative estimate of drug-likeness (QED) is 0.484. The van der Waals surface area contributed by atoms with Crippen molar-refractivity contribution in [1.29, 1.82) is 0 Å². The van der Waals surface area contributed by atoms with Crippen LogP contribution in [0.2, 0.25) is 5.02 Å². The molecule has 10 heteroatoms. The molecule has 0 amide bonds. The number of pyridine rings is 1. The van der Waals surface area contributed by atoms with Gasteiger partial charge in [-0.15, -0.1) is 25.2 Å². The molecule has 0 radical (unpaired) electrons. The smallest absolute Gasteiger partial charge is 0.227 e. The van der Waals surface area contributed by atoms with E-state index in [2.05, 4.69) is 35.5 Å². The van der Waals surface area contributed by atoms with E-state index in [-0.39, 0.29) is 6.04 Å². The number of nitrogens with zero attached hydrogens (tertiary/aromatic N) is 9. The van der Waals surface area contributed by atoms with E-state index in [9.17, 15) is 0 Å². The fraction of sp³-hybridized carbons (Fsp3) is 0.333. The third-order valence-electron chi connectivity index (χ3n) is 5.53. The lowest BCUT2D eigenvalue weighted by Crippen LogP contribution is -2.36. The number of hydrogen-bond donors (Lipinski definition) is 0. The minimum absolute atomic E-state index is 0.0170. The summed E-state index contributed by atoms with van der Waals surface area (Å²) in [6, 6.07) is 11.4. The molecule has 5 rings (SSSR count). The van der Waals surface area contributed by atoms with Gasteiger partial charge in [-0.3, -0.25) is 9.55 Å². The molecule has 1 fully saturated rings. The van der Waals surface area contributed by atoms with Gasteiger partial charge in [-0.25, -0.2) is 0 Å². The third-order valence-corrected chi connectivity index (χ3v) is 5.77. The zero-order chi connectivity index (χ0) is 21.4. The average molecular weight is 436 g/mol. The van der Waals surface area contributed by atoms with Crippen molar-refractivity contribution in [2.45, 2.75) is 32.2 Å². The topological polar surface area (TPSA) is 90.4 Å². The second-order valence-corrected chi connectivity index (χ2v) is 8.13. The standard InChI is InChI=1S/C21H22ClN9/c1-14-12-15(9-10-23-14)20-25-26-21(29(20)2)30-11-4-3-8-18(30)19-24-28-31(27-19)17-7-5-6-16(22)13-17/h5-7,9-10,12-13,18H,3-4,8,11H2,1-2H3. The zero-order valence-corrected chi connectivity index (χ0v) is 18.1. The van der Waals surface area contributed by atoms with Crippen LogP contribution in [0.25, 0.3) is 17.1 Å². The van der Waals surface area contributed by atoms with Crippen molar-refractivity contribution < 1.29 is 0 Å². The highest BCUT2D eigenvalue weighted by molar-refractivity contribution is 6.30. The van der Waals surface area contributed by atoms with Gasteiger partial charge >= 0.3 is 0 Å². The molecule has 3 aromatic heterocycles. The van der Waals surface area contributed by atoms with Crippen molar-refractivity contribution in [2.24, 2.45) is 7.05 Å². The minimum Gasteiger partial charge on any atom is -0.330 e. The summed E-state index contributed by atoms with van der Waals surface area (Å²) in [5, 5.41) is 22.9. The summed E-state index contributed by atoms with van der Waals surface area (Å²) in [6.07, 6.45) is 4.90. The molecule has 0 bridgehead atoms. The Labute approximate surface area is 184 Å². The SMILES string of the molecule is Cc1cc(-c2nnc(N3CCCCC3c3nnn(-c4cccc(Cl)c4)n3)n2C)ccn1. The van der Waals surface area contributed by atoms with Crippen LogP contribution in [0.1, 0.15) is 36.8 Å². The Bertz CT molecular complexity index is 1220. The van der Waals surface area contributed by atoms with Gasteiger partial charge in [0.05, 0.1) is 11.7 Å². The first-order chi connectivity index (χ1) is 15.1. The summed E-state index contributed by atoms with van der Waals surface area (Å²) in [5.74, 6) is 2.28. The van der Waals surface area contributed by atoms with Crippen molar-refractivity contribution in [3.05, 3.63) is 59.1 Å². The highest BCUT2D eigenvalue weighted by Gasteiger charge is 2.31. The second kappa shape index (κ2) is 8.07. The summed E-state index contributed by atoms with van der Waals surface area (Å²) in [5.41, 5.74) is 2.72. The lowest BCUT2D eigenvalue weighted by molar-refractivity contribution is 0.445. The van der Waals surface area contributed by atoms with Gasteiger partial charge in [0.15, 0.2) is 11.6 Å². The normalized spacial score (nSPS) is 16.6. The van der Waals surface area contributed by atoms with Gasteiger partial charge in [-0.05, 0) is 61.7 Å². The summed E-state index contributed by atoms with van der Waals surface area (Å²) in [7, 11) is 1.99. The molecule has 4 aromatic rings. The molecule has 0 saturated carbocycles. The molecule has 1 saturated heterocycles. The predicted molar refractivity (Wildman–Crippen MR) is 117 cm³/mol. The number of tetrazole rings is 1. The van der Waals surface area contributed by atoms with E-state index in [1.807, 2.05) is 54.9 Å². The van der Waals surface area contributed by atoms with Crippen LogP contribution in [-0.2, 0) is 7.05 Å². The molecule has 4 heterocycles. The Balaban J connectivity index is 1.47. The maximum Gasteiger partial charge on any atom is 0.227 e. The van der Waals surface area contributed by atoms with Crippen LogP contribution in [0.3, 0.4) is 0 Å². The Hall–Kier alpha value is -3.33. The van der Waals surface area contributed by atoms with Gasteiger partial charge < -0.3 is 4.90 Å². The van der Waals surface area contributed by atoms with Gasteiger partial charge in [-0.2, -0.15) is 0 Å². The third kappa shape index (κ3) is 3.76.